The summed E-state index contributed by atoms with van der Waals surface area (Å²) >= 11 is 0. The molecule has 1 aromatic carbocycles. The van der Waals surface area contributed by atoms with Crippen molar-refractivity contribution in [2.45, 2.75) is 25.2 Å². The third kappa shape index (κ3) is 5.06. The van der Waals surface area contributed by atoms with Crippen LogP contribution >= 0.6 is 0 Å². The van der Waals surface area contributed by atoms with Crippen LogP contribution in [0, 0.1) is 5.41 Å². The lowest BCUT2D eigenvalue weighted by Gasteiger charge is -2.34. The van der Waals surface area contributed by atoms with Gasteiger partial charge >= 0.3 is 12.4 Å². The van der Waals surface area contributed by atoms with Crippen molar-refractivity contribution in [2.75, 3.05) is 58.8 Å². The van der Waals surface area contributed by atoms with Gasteiger partial charge in [-0.2, -0.15) is 26.3 Å². The predicted molar refractivity (Wildman–Crippen MR) is 137 cm³/mol. The van der Waals surface area contributed by atoms with Gasteiger partial charge in [-0.3, -0.25) is 9.20 Å². The number of ether oxygens (including phenoxy) is 1. The number of methoxy groups -OCH3 is 1. The summed E-state index contributed by atoms with van der Waals surface area (Å²) in [4.78, 5) is 21.4. The van der Waals surface area contributed by atoms with Crippen molar-refractivity contribution in [1.82, 2.24) is 19.2 Å². The van der Waals surface area contributed by atoms with E-state index < -0.39 is 30.2 Å². The maximum absolute atomic E-state index is 14.1. The molecule has 0 spiro atoms. The van der Waals surface area contributed by atoms with Crippen LogP contribution in [0.5, 0.6) is 5.75 Å². The second-order valence-electron chi connectivity index (χ2n) is 10.7. The number of hydrogen-bond acceptors (Lipinski definition) is 5. The molecule has 13 heteroatoms. The first-order valence-corrected chi connectivity index (χ1v) is 12.7. The first kappa shape index (κ1) is 28.1. The number of nitrogens with zero attached hydrogens (tertiary/aromatic N) is 5. The van der Waals surface area contributed by atoms with Crippen LogP contribution in [0.25, 0.3) is 16.9 Å². The van der Waals surface area contributed by atoms with Gasteiger partial charge in [0.25, 0.3) is 5.91 Å². The molecule has 2 aliphatic rings. The van der Waals surface area contributed by atoms with Gasteiger partial charge in [0.2, 0.25) is 0 Å². The Kier molecular flexibility index (Phi) is 6.92. The van der Waals surface area contributed by atoms with Gasteiger partial charge in [0.05, 0.1) is 30.0 Å². The highest BCUT2D eigenvalue weighted by atomic mass is 19.4. The molecule has 216 valence electrons. The standard InChI is InChI=1S/C27H29F6N5O2/c1-35(2)14-25(27(31,32)33)6-9-36(15-25)19-5-8-38-20(13-34-22(38)12-19)18-10-17-4-7-37(16-26(28,29)30)24(39)23(17)21(11-18)40-3/h5,8,10-13H,4,6-7,9,14-16H2,1-3H3. The van der Waals surface area contributed by atoms with E-state index in [9.17, 15) is 31.1 Å². The van der Waals surface area contributed by atoms with Crippen LogP contribution in [0.15, 0.2) is 36.7 Å². The molecule has 7 nitrogen and oxygen atoms in total. The van der Waals surface area contributed by atoms with Crippen LogP contribution in [0.1, 0.15) is 22.3 Å². The Morgan fingerprint density at radius 1 is 1.10 bits per heavy atom. The van der Waals surface area contributed by atoms with Crippen molar-refractivity contribution in [1.29, 1.82) is 0 Å². The third-order valence-corrected chi connectivity index (χ3v) is 7.66. The van der Waals surface area contributed by atoms with Gasteiger partial charge in [0.15, 0.2) is 0 Å². The van der Waals surface area contributed by atoms with Crippen LogP contribution in [0.4, 0.5) is 32.0 Å². The Morgan fingerprint density at radius 2 is 1.85 bits per heavy atom. The molecule has 2 aliphatic heterocycles. The zero-order chi connectivity index (χ0) is 29.0. The Hall–Kier alpha value is -3.48. The number of aromatic nitrogens is 2. The number of benzene rings is 1. The average Bonchev–Trinajstić information content (AvgIpc) is 3.48. The van der Waals surface area contributed by atoms with E-state index >= 15 is 0 Å². The molecule has 5 rings (SSSR count). The van der Waals surface area contributed by atoms with Gasteiger partial charge < -0.3 is 19.4 Å². The van der Waals surface area contributed by atoms with E-state index in [4.69, 9.17) is 4.74 Å². The van der Waals surface area contributed by atoms with E-state index in [1.54, 1.807) is 65.0 Å². The number of alkyl halides is 6. The van der Waals surface area contributed by atoms with Crippen LogP contribution in [-0.2, 0) is 6.42 Å². The summed E-state index contributed by atoms with van der Waals surface area (Å²) in [5.41, 5.74) is 1.31. The highest BCUT2D eigenvalue weighted by Gasteiger charge is 2.58. The monoisotopic (exact) mass is 569 g/mol. The fraction of sp³-hybridized carbons (Fsp3) is 0.481. The highest BCUT2D eigenvalue weighted by molar-refractivity contribution is 6.00. The molecule has 0 N–H and O–H groups in total. The number of fused-ring (bicyclic) bond motifs is 2. The lowest BCUT2D eigenvalue weighted by molar-refractivity contribution is -0.220. The van der Waals surface area contributed by atoms with Crippen LogP contribution in [-0.4, -0.2) is 91.4 Å². The van der Waals surface area contributed by atoms with Gasteiger partial charge in [-0.05, 0) is 50.7 Å². The van der Waals surface area contributed by atoms with Crippen LogP contribution in [0.3, 0.4) is 0 Å². The zero-order valence-corrected chi connectivity index (χ0v) is 22.2. The highest BCUT2D eigenvalue weighted by Crippen LogP contribution is 2.47. The Labute approximate surface area is 226 Å². The summed E-state index contributed by atoms with van der Waals surface area (Å²) in [6.07, 6.45) is -5.29. The Morgan fingerprint density at radius 3 is 2.50 bits per heavy atom. The van der Waals surface area contributed by atoms with Crippen molar-refractivity contribution in [3.8, 4) is 17.0 Å². The van der Waals surface area contributed by atoms with Gasteiger partial charge in [0.1, 0.15) is 17.9 Å². The number of halogens is 6. The fourth-order valence-corrected chi connectivity index (χ4v) is 5.83. The average molecular weight is 570 g/mol. The molecule has 1 saturated heterocycles. The Balaban J connectivity index is 1.45. The van der Waals surface area contributed by atoms with E-state index in [2.05, 4.69) is 4.98 Å². The molecule has 1 atom stereocenters. The second kappa shape index (κ2) is 9.86. The predicted octanol–water partition coefficient (Wildman–Crippen LogP) is 4.89. The number of hydrogen-bond donors (Lipinski definition) is 0. The van der Waals surface area contributed by atoms with E-state index in [0.29, 0.717) is 28.2 Å². The smallest absolute Gasteiger partial charge is 0.406 e. The number of rotatable bonds is 6. The van der Waals surface area contributed by atoms with Crippen molar-refractivity contribution < 1.29 is 35.9 Å². The second-order valence-corrected chi connectivity index (χ2v) is 10.7. The van der Waals surface area contributed by atoms with Crippen LogP contribution in [0.2, 0.25) is 0 Å². The number of amides is 1. The summed E-state index contributed by atoms with van der Waals surface area (Å²) < 4.78 is 88.2. The number of imidazole rings is 1. The SMILES string of the molecule is COc1cc(-c2cnc3cc(N4CCC(CN(C)C)(C(F)(F)F)C4)ccn23)cc2c1C(=O)N(CC(F)(F)F)CC2. The largest absolute Gasteiger partial charge is 0.496 e. The van der Waals surface area contributed by atoms with Crippen molar-refractivity contribution in [3.63, 3.8) is 0 Å². The van der Waals surface area contributed by atoms with Gasteiger partial charge in [-0.15, -0.1) is 0 Å². The van der Waals surface area contributed by atoms with Crippen molar-refractivity contribution in [3.05, 3.63) is 47.8 Å². The molecule has 1 amide bonds. The fourth-order valence-electron chi connectivity index (χ4n) is 5.83. The van der Waals surface area contributed by atoms with E-state index in [0.717, 1.165) is 4.90 Å². The summed E-state index contributed by atoms with van der Waals surface area (Å²) in [5.74, 6) is -0.572. The topological polar surface area (TPSA) is 53.3 Å². The number of carbonyl (C=O) groups excluding carboxylic acids is 1. The molecular formula is C27H29F6N5O2. The van der Waals surface area contributed by atoms with Gasteiger partial charge in [0, 0.05) is 49.7 Å². The van der Waals surface area contributed by atoms with Crippen LogP contribution < -0.4 is 9.64 Å². The number of pyridine rings is 1. The zero-order valence-electron chi connectivity index (χ0n) is 22.2. The minimum absolute atomic E-state index is 0.00636. The molecular weight excluding hydrogens is 540 g/mol. The summed E-state index contributed by atoms with van der Waals surface area (Å²) in [7, 11) is 4.63. The molecule has 2 aromatic heterocycles. The van der Waals surface area contributed by atoms with Gasteiger partial charge in [-0.25, -0.2) is 4.98 Å². The number of anilines is 1. The Bertz CT molecular complexity index is 1420. The van der Waals surface area contributed by atoms with E-state index in [1.165, 1.54) is 7.11 Å². The molecule has 1 fully saturated rings. The molecule has 0 saturated carbocycles. The van der Waals surface area contributed by atoms with Gasteiger partial charge in [-0.1, -0.05) is 0 Å². The van der Waals surface area contributed by atoms with Crippen molar-refractivity contribution >= 4 is 17.2 Å². The number of carbonyl (C=O) groups is 1. The third-order valence-electron chi connectivity index (χ3n) is 7.66. The maximum atomic E-state index is 14.1. The molecule has 0 radical (unpaired) electrons. The van der Waals surface area contributed by atoms with E-state index in [1.807, 2.05) is 0 Å². The first-order chi connectivity index (χ1) is 18.7. The first-order valence-electron chi connectivity index (χ1n) is 12.7. The quantitative estimate of drug-likeness (QED) is 0.396. The van der Waals surface area contributed by atoms with Crippen molar-refractivity contribution in [2.24, 2.45) is 5.41 Å². The lowest BCUT2D eigenvalue weighted by atomic mass is 9.86. The molecule has 1 unspecified atom stereocenters. The normalized spacial score (nSPS) is 20.1. The molecule has 0 aliphatic carbocycles. The maximum Gasteiger partial charge on any atom is 0.406 e. The minimum atomic E-state index is -4.51. The van der Waals surface area contributed by atoms with E-state index in [-0.39, 0.29) is 50.3 Å². The lowest BCUT2D eigenvalue weighted by Crippen LogP contribution is -2.47. The minimum Gasteiger partial charge on any atom is -0.496 e. The molecule has 0 bridgehead atoms. The summed E-state index contributed by atoms with van der Waals surface area (Å²) in [6, 6.07) is 6.82. The molecule has 3 aromatic rings. The summed E-state index contributed by atoms with van der Waals surface area (Å²) in [6.45, 7) is -1.39. The molecule has 4 heterocycles. The molecule has 40 heavy (non-hydrogen) atoms. The summed E-state index contributed by atoms with van der Waals surface area (Å²) in [5, 5.41) is 0.